The Morgan fingerprint density at radius 3 is 2.79 bits per heavy atom. The van der Waals surface area contributed by atoms with E-state index in [1.807, 2.05) is 0 Å². The first kappa shape index (κ1) is 9.46. The van der Waals surface area contributed by atoms with E-state index in [0.717, 1.165) is 25.2 Å². The van der Waals surface area contributed by atoms with Crippen molar-refractivity contribution in [2.45, 2.75) is 13.0 Å². The van der Waals surface area contributed by atoms with E-state index in [9.17, 15) is 4.39 Å². The fourth-order valence-corrected chi connectivity index (χ4v) is 1.63. The van der Waals surface area contributed by atoms with E-state index in [0.29, 0.717) is 5.75 Å². The Hall–Kier alpha value is -1.09. The zero-order chi connectivity index (χ0) is 9.97. The Bertz CT molecular complexity index is 323. The number of halogens is 1. The second kappa shape index (κ2) is 3.96. The number of hydrogen-bond acceptors (Lipinski definition) is 2. The number of hydrogen-bond donors (Lipinski definition) is 0. The molecule has 1 aromatic carbocycles. The van der Waals surface area contributed by atoms with Gasteiger partial charge in [0, 0.05) is 18.2 Å². The van der Waals surface area contributed by atoms with Crippen LogP contribution in [0.15, 0.2) is 18.2 Å². The van der Waals surface area contributed by atoms with Crippen molar-refractivity contribution in [3.05, 3.63) is 29.6 Å². The Morgan fingerprint density at radius 1 is 1.43 bits per heavy atom. The van der Waals surface area contributed by atoms with Gasteiger partial charge in [-0.1, -0.05) is 6.07 Å². The summed E-state index contributed by atoms with van der Waals surface area (Å²) in [5.41, 5.74) is 1.06. The molecule has 0 unspecified atom stereocenters. The zero-order valence-electron chi connectivity index (χ0n) is 8.29. The third-order valence-corrected chi connectivity index (χ3v) is 2.59. The molecule has 76 valence electrons. The van der Waals surface area contributed by atoms with Crippen LogP contribution in [0, 0.1) is 5.82 Å². The molecule has 2 nitrogen and oxygen atoms in total. The van der Waals surface area contributed by atoms with Crippen LogP contribution in [0.2, 0.25) is 0 Å². The Labute approximate surface area is 83.3 Å². The molecule has 1 fully saturated rings. The lowest BCUT2D eigenvalue weighted by molar-refractivity contribution is 0.170. The Balaban J connectivity index is 2.14. The molecule has 0 amide bonds. The summed E-state index contributed by atoms with van der Waals surface area (Å²) in [7, 11) is 1.58. The van der Waals surface area contributed by atoms with Crippen LogP contribution >= 0.6 is 0 Å². The zero-order valence-corrected chi connectivity index (χ0v) is 8.29. The minimum Gasteiger partial charge on any atom is -0.496 e. The summed E-state index contributed by atoms with van der Waals surface area (Å²) in [6.07, 6.45) is 1.27. The molecule has 0 aliphatic carbocycles. The van der Waals surface area contributed by atoms with Crippen LogP contribution in [0.25, 0.3) is 0 Å². The summed E-state index contributed by atoms with van der Waals surface area (Å²) < 4.78 is 18.0. The number of methoxy groups -OCH3 is 1. The van der Waals surface area contributed by atoms with Crippen LogP contribution in [0.4, 0.5) is 4.39 Å². The van der Waals surface area contributed by atoms with Gasteiger partial charge >= 0.3 is 0 Å². The molecule has 1 aliphatic rings. The predicted molar refractivity (Wildman–Crippen MR) is 52.8 cm³/mol. The quantitative estimate of drug-likeness (QED) is 0.731. The maximum atomic E-state index is 12.9. The van der Waals surface area contributed by atoms with Gasteiger partial charge in [0.05, 0.1) is 7.11 Å². The van der Waals surface area contributed by atoms with Gasteiger partial charge in [-0.3, -0.25) is 4.90 Å². The number of rotatable bonds is 3. The average Bonchev–Trinajstić information content (AvgIpc) is 2.13. The molecule has 1 heterocycles. The molecular formula is C11H14FNO. The number of ether oxygens (including phenoxy) is 1. The molecule has 0 aromatic heterocycles. The molecule has 1 saturated heterocycles. The van der Waals surface area contributed by atoms with Gasteiger partial charge in [0.2, 0.25) is 0 Å². The number of likely N-dealkylation sites (tertiary alicyclic amines) is 1. The maximum Gasteiger partial charge on any atom is 0.126 e. The number of nitrogens with zero attached hydrogens (tertiary/aromatic N) is 1. The Morgan fingerprint density at radius 2 is 2.21 bits per heavy atom. The minimum atomic E-state index is -0.241. The molecular weight excluding hydrogens is 181 g/mol. The molecule has 1 aromatic rings. The topological polar surface area (TPSA) is 12.5 Å². The maximum absolute atomic E-state index is 12.9. The fourth-order valence-electron chi connectivity index (χ4n) is 1.63. The summed E-state index contributed by atoms with van der Waals surface area (Å²) in [5.74, 6) is 0.408. The van der Waals surface area contributed by atoms with Crippen LogP contribution in [0.3, 0.4) is 0 Å². The second-order valence-corrected chi connectivity index (χ2v) is 3.59. The molecule has 2 rings (SSSR count). The van der Waals surface area contributed by atoms with E-state index in [1.54, 1.807) is 13.2 Å². The highest BCUT2D eigenvalue weighted by Crippen LogP contribution is 2.22. The first-order valence-electron chi connectivity index (χ1n) is 4.84. The van der Waals surface area contributed by atoms with Crippen molar-refractivity contribution >= 4 is 0 Å². The molecule has 0 spiro atoms. The summed E-state index contributed by atoms with van der Waals surface area (Å²) in [5, 5.41) is 0. The molecule has 0 bridgehead atoms. The van der Waals surface area contributed by atoms with Gasteiger partial charge in [0.1, 0.15) is 11.6 Å². The van der Waals surface area contributed by atoms with Crippen LogP contribution in [-0.4, -0.2) is 25.1 Å². The SMILES string of the molecule is COc1cc(F)ccc1CN1CCC1. The second-order valence-electron chi connectivity index (χ2n) is 3.59. The summed E-state index contributed by atoms with van der Waals surface area (Å²) in [6, 6.07) is 4.72. The lowest BCUT2D eigenvalue weighted by atomic mass is 10.1. The number of benzene rings is 1. The van der Waals surface area contributed by atoms with Crippen LogP contribution in [0.1, 0.15) is 12.0 Å². The van der Waals surface area contributed by atoms with Gasteiger partial charge in [-0.15, -0.1) is 0 Å². The summed E-state index contributed by atoms with van der Waals surface area (Å²) in [4.78, 5) is 2.32. The van der Waals surface area contributed by atoms with Gasteiger partial charge in [-0.25, -0.2) is 4.39 Å². The molecule has 0 atom stereocenters. The summed E-state index contributed by atoms with van der Waals surface area (Å²) in [6.45, 7) is 3.14. The molecule has 0 radical (unpaired) electrons. The lowest BCUT2D eigenvalue weighted by Crippen LogP contribution is -2.36. The van der Waals surface area contributed by atoms with Gasteiger partial charge < -0.3 is 4.74 Å². The van der Waals surface area contributed by atoms with Crippen molar-refractivity contribution in [1.82, 2.24) is 4.90 Å². The van der Waals surface area contributed by atoms with Gasteiger partial charge in [-0.05, 0) is 25.6 Å². The van der Waals surface area contributed by atoms with Crippen LogP contribution < -0.4 is 4.74 Å². The highest BCUT2D eigenvalue weighted by molar-refractivity contribution is 5.34. The Kier molecular flexibility index (Phi) is 2.68. The van der Waals surface area contributed by atoms with Gasteiger partial charge in [0.25, 0.3) is 0 Å². The van der Waals surface area contributed by atoms with Gasteiger partial charge in [-0.2, -0.15) is 0 Å². The minimum absolute atomic E-state index is 0.241. The van der Waals surface area contributed by atoms with E-state index in [2.05, 4.69) is 4.90 Å². The first-order valence-corrected chi connectivity index (χ1v) is 4.84. The standard InChI is InChI=1S/C11H14FNO/c1-14-11-7-10(12)4-3-9(11)8-13-5-2-6-13/h3-4,7H,2,5-6,8H2,1H3. The smallest absolute Gasteiger partial charge is 0.126 e. The van der Waals surface area contributed by atoms with Crippen LogP contribution in [0.5, 0.6) is 5.75 Å². The average molecular weight is 195 g/mol. The molecule has 0 N–H and O–H groups in total. The predicted octanol–water partition coefficient (Wildman–Crippen LogP) is 2.04. The third-order valence-electron chi connectivity index (χ3n) is 2.59. The monoisotopic (exact) mass is 195 g/mol. The molecule has 14 heavy (non-hydrogen) atoms. The lowest BCUT2D eigenvalue weighted by Gasteiger charge is -2.31. The van der Waals surface area contributed by atoms with E-state index in [1.165, 1.54) is 18.6 Å². The van der Waals surface area contributed by atoms with E-state index in [-0.39, 0.29) is 5.82 Å². The molecule has 0 saturated carbocycles. The fraction of sp³-hybridized carbons (Fsp3) is 0.455. The van der Waals surface area contributed by atoms with Crippen molar-refractivity contribution in [1.29, 1.82) is 0 Å². The normalized spacial score (nSPS) is 16.4. The van der Waals surface area contributed by atoms with Crippen LogP contribution in [-0.2, 0) is 6.54 Å². The first-order chi connectivity index (χ1) is 6.79. The van der Waals surface area contributed by atoms with Gasteiger partial charge in [0.15, 0.2) is 0 Å². The molecule has 3 heteroatoms. The van der Waals surface area contributed by atoms with Crippen molar-refractivity contribution in [3.63, 3.8) is 0 Å². The molecule has 1 aliphatic heterocycles. The highest BCUT2D eigenvalue weighted by Gasteiger charge is 2.15. The van der Waals surface area contributed by atoms with Crippen molar-refractivity contribution in [2.24, 2.45) is 0 Å². The van der Waals surface area contributed by atoms with Crippen molar-refractivity contribution in [2.75, 3.05) is 20.2 Å². The summed E-state index contributed by atoms with van der Waals surface area (Å²) >= 11 is 0. The van der Waals surface area contributed by atoms with E-state index in [4.69, 9.17) is 4.74 Å². The highest BCUT2D eigenvalue weighted by atomic mass is 19.1. The van der Waals surface area contributed by atoms with Crippen molar-refractivity contribution < 1.29 is 9.13 Å². The largest absolute Gasteiger partial charge is 0.496 e. The van der Waals surface area contributed by atoms with E-state index < -0.39 is 0 Å². The third kappa shape index (κ3) is 1.87. The van der Waals surface area contributed by atoms with Crippen molar-refractivity contribution in [3.8, 4) is 5.75 Å². The van der Waals surface area contributed by atoms with E-state index >= 15 is 0 Å².